The van der Waals surface area contributed by atoms with Crippen LogP contribution in [0, 0.1) is 11.6 Å². The normalized spacial score (nSPS) is 20.9. The molecule has 7 nitrogen and oxygen atoms in total. The van der Waals surface area contributed by atoms with Crippen LogP contribution in [0.15, 0.2) is 23.0 Å². The van der Waals surface area contributed by atoms with Crippen molar-refractivity contribution in [3.63, 3.8) is 0 Å². The first-order valence-electron chi connectivity index (χ1n) is 10.3. The molecule has 31 heavy (non-hydrogen) atoms. The van der Waals surface area contributed by atoms with E-state index in [1.165, 1.54) is 0 Å². The maximum atomic E-state index is 14.5. The van der Waals surface area contributed by atoms with Crippen molar-refractivity contribution in [2.75, 3.05) is 24.9 Å². The van der Waals surface area contributed by atoms with Crippen LogP contribution in [-0.4, -0.2) is 41.2 Å². The Morgan fingerprint density at radius 1 is 1.23 bits per heavy atom. The lowest BCUT2D eigenvalue weighted by molar-refractivity contribution is 0.0903. The maximum absolute atomic E-state index is 14.5. The number of hydrogen-bond donors (Lipinski definition) is 0. The molecule has 0 amide bonds. The zero-order chi connectivity index (χ0) is 21.6. The minimum Gasteiger partial charge on any atom is -0.481 e. The van der Waals surface area contributed by atoms with E-state index in [0.29, 0.717) is 38.5 Å². The SMILES string of the molecule is O=c1nc(OCc2cc(F)c(OC3(CCF)CC3)c(F)c2)cc2n1CC1CCOCN21. The second kappa shape index (κ2) is 7.74. The first kappa shape index (κ1) is 20.2. The van der Waals surface area contributed by atoms with Crippen LogP contribution in [0.1, 0.15) is 31.2 Å². The van der Waals surface area contributed by atoms with Crippen molar-refractivity contribution in [3.05, 3.63) is 45.9 Å². The number of benzene rings is 1. The van der Waals surface area contributed by atoms with Crippen LogP contribution in [0.4, 0.5) is 19.0 Å². The summed E-state index contributed by atoms with van der Waals surface area (Å²) in [6.07, 6.45) is 2.07. The van der Waals surface area contributed by atoms with Crippen molar-refractivity contribution >= 4 is 5.82 Å². The number of rotatable bonds is 7. The third kappa shape index (κ3) is 3.84. The molecule has 2 aromatic rings. The number of aromatic nitrogens is 2. The third-order valence-electron chi connectivity index (χ3n) is 6.04. The van der Waals surface area contributed by atoms with E-state index in [0.717, 1.165) is 18.6 Å². The van der Waals surface area contributed by atoms with Gasteiger partial charge in [-0.1, -0.05) is 0 Å². The molecule has 166 valence electrons. The van der Waals surface area contributed by atoms with Gasteiger partial charge in [-0.15, -0.1) is 0 Å². The van der Waals surface area contributed by atoms with Gasteiger partial charge in [0.05, 0.1) is 19.3 Å². The van der Waals surface area contributed by atoms with E-state index >= 15 is 0 Å². The zero-order valence-corrected chi connectivity index (χ0v) is 16.8. The Kier molecular flexibility index (Phi) is 5.04. The Labute approximate surface area is 176 Å². The van der Waals surface area contributed by atoms with E-state index in [-0.39, 0.29) is 30.5 Å². The lowest BCUT2D eigenvalue weighted by Crippen LogP contribution is -2.39. The Hall–Kier alpha value is -2.75. The fourth-order valence-corrected chi connectivity index (χ4v) is 4.14. The van der Waals surface area contributed by atoms with Crippen molar-refractivity contribution in [1.82, 2.24) is 9.55 Å². The van der Waals surface area contributed by atoms with Crippen LogP contribution in [0.3, 0.4) is 0 Å². The van der Waals surface area contributed by atoms with Gasteiger partial charge >= 0.3 is 5.69 Å². The van der Waals surface area contributed by atoms with Crippen LogP contribution >= 0.6 is 0 Å². The minimum absolute atomic E-state index is 0.0727. The molecule has 1 atom stereocenters. The highest BCUT2D eigenvalue weighted by Crippen LogP contribution is 2.44. The molecule has 2 aliphatic heterocycles. The molecular weight excluding hydrogens is 415 g/mol. The molecule has 5 rings (SSSR count). The fraction of sp³-hybridized carbons (Fsp3) is 0.524. The van der Waals surface area contributed by atoms with Crippen LogP contribution in [0.5, 0.6) is 11.6 Å². The van der Waals surface area contributed by atoms with Crippen molar-refractivity contribution in [3.8, 4) is 11.6 Å². The second-order valence-corrected chi connectivity index (χ2v) is 8.20. The summed E-state index contributed by atoms with van der Waals surface area (Å²) in [7, 11) is 0. The average Bonchev–Trinajstić information content (AvgIpc) is 3.40. The summed E-state index contributed by atoms with van der Waals surface area (Å²) in [6, 6.07) is 4.03. The van der Waals surface area contributed by atoms with Crippen molar-refractivity contribution < 1.29 is 27.4 Å². The van der Waals surface area contributed by atoms with Crippen molar-refractivity contribution in [2.24, 2.45) is 0 Å². The van der Waals surface area contributed by atoms with Gasteiger partial charge in [-0.3, -0.25) is 8.96 Å². The van der Waals surface area contributed by atoms with Crippen molar-refractivity contribution in [2.45, 2.75) is 50.5 Å². The molecule has 1 aromatic carbocycles. The maximum Gasteiger partial charge on any atom is 0.352 e. The van der Waals surface area contributed by atoms with Crippen LogP contribution in [0.25, 0.3) is 0 Å². The van der Waals surface area contributed by atoms with Gasteiger partial charge in [0.1, 0.15) is 24.8 Å². The summed E-state index contributed by atoms with van der Waals surface area (Å²) in [5, 5.41) is 0. The second-order valence-electron chi connectivity index (χ2n) is 8.20. The molecule has 3 heterocycles. The molecular formula is C21H22F3N3O4. The van der Waals surface area contributed by atoms with Gasteiger partial charge < -0.3 is 19.1 Å². The summed E-state index contributed by atoms with van der Waals surface area (Å²) in [6.45, 7) is 0.793. The fourth-order valence-electron chi connectivity index (χ4n) is 4.14. The Morgan fingerprint density at radius 3 is 2.71 bits per heavy atom. The predicted octanol–water partition coefficient (Wildman–Crippen LogP) is 2.94. The lowest BCUT2D eigenvalue weighted by atomic mass is 10.2. The number of alkyl halides is 1. The Bertz CT molecular complexity index is 1030. The van der Waals surface area contributed by atoms with E-state index in [9.17, 15) is 18.0 Å². The molecule has 0 spiro atoms. The summed E-state index contributed by atoms with van der Waals surface area (Å²) < 4.78 is 59.6. The standard InChI is InChI=1S/C21H22F3N3O4/c22-5-4-21(2-3-21)31-19-15(23)7-13(8-16(19)24)11-30-17-9-18-26(20(28)25-17)10-14-1-6-29-12-27(14)18/h7-9,14H,1-6,10-12H2. The molecule has 3 aliphatic rings. The number of nitrogens with zero attached hydrogens (tertiary/aromatic N) is 3. The third-order valence-corrected chi connectivity index (χ3v) is 6.04. The Balaban J connectivity index is 1.31. The average molecular weight is 437 g/mol. The lowest BCUT2D eigenvalue weighted by Gasteiger charge is -2.30. The van der Waals surface area contributed by atoms with Crippen LogP contribution < -0.4 is 20.1 Å². The largest absolute Gasteiger partial charge is 0.481 e. The van der Waals surface area contributed by atoms with E-state index in [4.69, 9.17) is 14.2 Å². The molecule has 1 saturated heterocycles. The molecule has 0 radical (unpaired) electrons. The van der Waals surface area contributed by atoms with Gasteiger partial charge in [0.2, 0.25) is 5.88 Å². The number of fused-ring (bicyclic) bond motifs is 3. The molecule has 1 saturated carbocycles. The highest BCUT2D eigenvalue weighted by Gasteiger charge is 2.46. The topological polar surface area (TPSA) is 65.8 Å². The number of ether oxygens (including phenoxy) is 3. The molecule has 1 aromatic heterocycles. The van der Waals surface area contributed by atoms with Gasteiger partial charge in [-0.05, 0) is 37.0 Å². The molecule has 1 aliphatic carbocycles. The quantitative estimate of drug-likeness (QED) is 0.664. The molecule has 10 heteroatoms. The Morgan fingerprint density at radius 2 is 2.00 bits per heavy atom. The predicted molar refractivity (Wildman–Crippen MR) is 104 cm³/mol. The number of anilines is 1. The molecule has 1 unspecified atom stereocenters. The number of halogens is 3. The molecule has 0 N–H and O–H groups in total. The summed E-state index contributed by atoms with van der Waals surface area (Å²) >= 11 is 0. The zero-order valence-electron chi connectivity index (χ0n) is 16.8. The summed E-state index contributed by atoms with van der Waals surface area (Å²) in [4.78, 5) is 18.3. The highest BCUT2D eigenvalue weighted by atomic mass is 19.1. The first-order valence-corrected chi connectivity index (χ1v) is 10.3. The molecule has 0 bridgehead atoms. The molecule has 2 fully saturated rings. The monoisotopic (exact) mass is 437 g/mol. The van der Waals surface area contributed by atoms with E-state index < -0.39 is 35.3 Å². The van der Waals surface area contributed by atoms with Crippen LogP contribution in [0.2, 0.25) is 0 Å². The minimum atomic E-state index is -0.876. The van der Waals surface area contributed by atoms with Crippen molar-refractivity contribution in [1.29, 1.82) is 0 Å². The first-order chi connectivity index (χ1) is 15.0. The summed E-state index contributed by atoms with van der Waals surface area (Å²) in [5.74, 6) is -1.52. The van der Waals surface area contributed by atoms with E-state index in [2.05, 4.69) is 4.98 Å². The summed E-state index contributed by atoms with van der Waals surface area (Å²) in [5.41, 5.74) is -1.02. The smallest absolute Gasteiger partial charge is 0.352 e. The van der Waals surface area contributed by atoms with Gasteiger partial charge in [0.25, 0.3) is 0 Å². The highest BCUT2D eigenvalue weighted by molar-refractivity contribution is 5.47. The van der Waals surface area contributed by atoms with Gasteiger partial charge in [-0.25, -0.2) is 13.6 Å². The van der Waals surface area contributed by atoms with E-state index in [1.54, 1.807) is 10.6 Å². The van der Waals surface area contributed by atoms with Gasteiger partial charge in [0.15, 0.2) is 17.4 Å². The van der Waals surface area contributed by atoms with E-state index in [1.807, 2.05) is 4.90 Å². The van der Waals surface area contributed by atoms with Crippen LogP contribution in [-0.2, 0) is 17.9 Å². The van der Waals surface area contributed by atoms with Gasteiger partial charge in [0, 0.05) is 19.0 Å². The van der Waals surface area contributed by atoms with Gasteiger partial charge in [-0.2, -0.15) is 4.98 Å². The number of hydrogen-bond acceptors (Lipinski definition) is 6.